The minimum Gasteiger partial charge on any atom is -0.343 e. The summed E-state index contributed by atoms with van der Waals surface area (Å²) in [5.41, 5.74) is 0.981. The van der Waals surface area contributed by atoms with Crippen LogP contribution in [0.5, 0.6) is 0 Å². The molecule has 1 aliphatic rings. The van der Waals surface area contributed by atoms with E-state index in [1.54, 1.807) is 0 Å². The highest BCUT2D eigenvalue weighted by atomic mass is 35.5. The van der Waals surface area contributed by atoms with Gasteiger partial charge in [-0.1, -0.05) is 36.7 Å². The van der Waals surface area contributed by atoms with Gasteiger partial charge in [-0.05, 0) is 37.3 Å². The fraction of sp³-hybridized carbons (Fsp3) is 0.588. The first kappa shape index (κ1) is 19.2. The van der Waals surface area contributed by atoms with E-state index in [4.69, 9.17) is 11.6 Å². The van der Waals surface area contributed by atoms with Gasteiger partial charge in [0, 0.05) is 30.6 Å². The highest BCUT2D eigenvalue weighted by Crippen LogP contribution is 2.18. The number of rotatable bonds is 7. The molecule has 1 amide bonds. The molecule has 2 rings (SSSR count). The lowest BCUT2D eigenvalue weighted by molar-refractivity contribution is -0.132. The monoisotopic (exact) mass is 372 g/mol. The molecule has 1 aliphatic heterocycles. The van der Waals surface area contributed by atoms with E-state index < -0.39 is 10.0 Å². The van der Waals surface area contributed by atoms with E-state index in [2.05, 4.69) is 4.72 Å². The second kappa shape index (κ2) is 8.83. The zero-order valence-electron chi connectivity index (χ0n) is 14.0. The Balaban J connectivity index is 1.77. The van der Waals surface area contributed by atoms with Crippen molar-refractivity contribution in [1.82, 2.24) is 9.62 Å². The number of benzene rings is 1. The summed E-state index contributed by atoms with van der Waals surface area (Å²) in [6.07, 6.45) is 2.99. The zero-order chi connectivity index (χ0) is 17.6. The number of halogens is 1. The number of nitrogens with one attached hydrogen (secondary N) is 1. The minimum atomic E-state index is -3.19. The average Bonchev–Trinajstić information content (AvgIpc) is 2.54. The van der Waals surface area contributed by atoms with Crippen molar-refractivity contribution in [2.45, 2.75) is 45.1 Å². The Bertz CT molecular complexity index is 656. The van der Waals surface area contributed by atoms with Crippen LogP contribution in [0.2, 0.25) is 5.02 Å². The maximum absolute atomic E-state index is 12.3. The summed E-state index contributed by atoms with van der Waals surface area (Å²) >= 11 is 6.11. The van der Waals surface area contributed by atoms with Gasteiger partial charge in [-0.15, -0.1) is 0 Å². The number of carbonyl (C=O) groups excluding carboxylic acids is 1. The number of hydrogen-bond donors (Lipinski definition) is 1. The Morgan fingerprint density at radius 1 is 1.29 bits per heavy atom. The molecular weight excluding hydrogens is 348 g/mol. The van der Waals surface area contributed by atoms with Crippen LogP contribution in [0.1, 0.15) is 38.2 Å². The van der Waals surface area contributed by atoms with Gasteiger partial charge in [0.2, 0.25) is 15.9 Å². The lowest BCUT2D eigenvalue weighted by atomic mass is 10.0. The molecule has 0 atom stereocenters. The van der Waals surface area contributed by atoms with Crippen molar-refractivity contribution < 1.29 is 13.2 Å². The van der Waals surface area contributed by atoms with Gasteiger partial charge in [0.25, 0.3) is 0 Å². The quantitative estimate of drug-likeness (QED) is 0.800. The molecular formula is C17H25ClN2O3S. The van der Waals surface area contributed by atoms with E-state index in [0.717, 1.165) is 5.56 Å². The van der Waals surface area contributed by atoms with Crippen LogP contribution in [0.15, 0.2) is 24.3 Å². The smallest absolute Gasteiger partial charge is 0.222 e. The molecule has 24 heavy (non-hydrogen) atoms. The Kier molecular flexibility index (Phi) is 7.07. The van der Waals surface area contributed by atoms with Crippen LogP contribution in [0.25, 0.3) is 0 Å². The molecule has 1 N–H and O–H groups in total. The summed E-state index contributed by atoms with van der Waals surface area (Å²) in [6.45, 7) is 3.04. The van der Waals surface area contributed by atoms with Gasteiger partial charge in [-0.25, -0.2) is 13.1 Å². The van der Waals surface area contributed by atoms with E-state index >= 15 is 0 Å². The van der Waals surface area contributed by atoms with Crippen LogP contribution in [0, 0.1) is 0 Å². The Hall–Kier alpha value is -1.11. The summed E-state index contributed by atoms with van der Waals surface area (Å²) in [6, 6.07) is 7.49. The van der Waals surface area contributed by atoms with Gasteiger partial charge >= 0.3 is 0 Å². The molecule has 0 bridgehead atoms. The van der Waals surface area contributed by atoms with Crippen molar-refractivity contribution in [3.63, 3.8) is 0 Å². The van der Waals surface area contributed by atoms with Crippen LogP contribution < -0.4 is 4.72 Å². The number of aryl methyl sites for hydroxylation is 1. The summed E-state index contributed by atoms with van der Waals surface area (Å²) < 4.78 is 26.3. The maximum Gasteiger partial charge on any atom is 0.222 e. The SMILES string of the molecule is CCCS(=O)(=O)NC1CCN(C(=O)CCc2ccccc2Cl)CC1. The van der Waals surface area contributed by atoms with E-state index in [1.165, 1.54) is 0 Å². The van der Waals surface area contributed by atoms with Crippen LogP contribution in [0.3, 0.4) is 0 Å². The summed E-state index contributed by atoms with van der Waals surface area (Å²) in [7, 11) is -3.19. The first-order valence-corrected chi connectivity index (χ1v) is 10.5. The second-order valence-corrected chi connectivity index (χ2v) is 8.46. The molecule has 5 nitrogen and oxygen atoms in total. The van der Waals surface area contributed by atoms with Crippen molar-refractivity contribution in [1.29, 1.82) is 0 Å². The van der Waals surface area contributed by atoms with Crippen molar-refractivity contribution in [2.24, 2.45) is 0 Å². The molecule has 0 saturated carbocycles. The van der Waals surface area contributed by atoms with Gasteiger partial charge in [0.1, 0.15) is 0 Å². The highest BCUT2D eigenvalue weighted by molar-refractivity contribution is 7.89. The predicted octanol–water partition coefficient (Wildman–Crippen LogP) is 2.59. The second-order valence-electron chi connectivity index (χ2n) is 6.18. The van der Waals surface area contributed by atoms with Crippen molar-refractivity contribution >= 4 is 27.5 Å². The third-order valence-electron chi connectivity index (χ3n) is 4.23. The molecule has 0 aromatic heterocycles. The van der Waals surface area contributed by atoms with E-state index in [9.17, 15) is 13.2 Å². The Morgan fingerprint density at radius 2 is 1.96 bits per heavy atom. The third kappa shape index (κ3) is 5.76. The normalized spacial score (nSPS) is 16.3. The molecule has 0 aliphatic carbocycles. The topological polar surface area (TPSA) is 66.5 Å². The number of likely N-dealkylation sites (tertiary alicyclic amines) is 1. The van der Waals surface area contributed by atoms with Crippen LogP contribution in [0.4, 0.5) is 0 Å². The molecule has 7 heteroatoms. The Morgan fingerprint density at radius 3 is 2.58 bits per heavy atom. The lowest BCUT2D eigenvalue weighted by Crippen LogP contribution is -2.47. The van der Waals surface area contributed by atoms with Gasteiger partial charge in [-0.2, -0.15) is 0 Å². The third-order valence-corrected chi connectivity index (χ3v) is 6.24. The molecule has 0 radical (unpaired) electrons. The summed E-state index contributed by atoms with van der Waals surface area (Å²) in [4.78, 5) is 14.1. The zero-order valence-corrected chi connectivity index (χ0v) is 15.6. The molecule has 0 unspecified atom stereocenters. The minimum absolute atomic E-state index is 0.0610. The maximum atomic E-state index is 12.3. The fourth-order valence-corrected chi connectivity index (χ4v) is 4.56. The van der Waals surface area contributed by atoms with Crippen LogP contribution >= 0.6 is 11.6 Å². The standard InChI is InChI=1S/C17H25ClN2O3S/c1-2-13-24(22,23)19-15-9-11-20(12-10-15)17(21)8-7-14-5-3-4-6-16(14)18/h3-6,15,19H,2,7-13H2,1H3. The lowest BCUT2D eigenvalue weighted by Gasteiger charge is -2.32. The van der Waals surface area contributed by atoms with Gasteiger partial charge in [-0.3, -0.25) is 4.79 Å². The van der Waals surface area contributed by atoms with E-state index in [-0.39, 0.29) is 17.7 Å². The first-order chi connectivity index (χ1) is 11.4. The molecule has 1 aromatic rings. The van der Waals surface area contributed by atoms with E-state index in [0.29, 0.717) is 50.2 Å². The molecule has 1 saturated heterocycles. The van der Waals surface area contributed by atoms with Crippen molar-refractivity contribution in [2.75, 3.05) is 18.8 Å². The fourth-order valence-electron chi connectivity index (χ4n) is 2.93. The molecule has 0 spiro atoms. The average molecular weight is 373 g/mol. The van der Waals surface area contributed by atoms with Crippen molar-refractivity contribution in [3.05, 3.63) is 34.9 Å². The van der Waals surface area contributed by atoms with E-state index in [1.807, 2.05) is 36.1 Å². The first-order valence-electron chi connectivity index (χ1n) is 8.42. The van der Waals surface area contributed by atoms with Gasteiger partial charge < -0.3 is 4.90 Å². The van der Waals surface area contributed by atoms with Gasteiger partial charge in [0.05, 0.1) is 5.75 Å². The Labute approximate surface area is 149 Å². The molecule has 134 valence electrons. The van der Waals surface area contributed by atoms with Crippen molar-refractivity contribution in [3.8, 4) is 0 Å². The number of carbonyl (C=O) groups is 1. The highest BCUT2D eigenvalue weighted by Gasteiger charge is 2.25. The van der Waals surface area contributed by atoms with Gasteiger partial charge in [0.15, 0.2) is 0 Å². The van der Waals surface area contributed by atoms with Crippen LogP contribution in [-0.4, -0.2) is 44.1 Å². The number of nitrogens with zero attached hydrogens (tertiary/aromatic N) is 1. The number of amides is 1. The summed E-state index contributed by atoms with van der Waals surface area (Å²) in [5, 5.41) is 0.689. The summed E-state index contributed by atoms with van der Waals surface area (Å²) in [5.74, 6) is 0.258. The predicted molar refractivity (Wildman–Crippen MR) is 96.6 cm³/mol. The number of hydrogen-bond acceptors (Lipinski definition) is 3. The molecule has 1 fully saturated rings. The number of sulfonamides is 1. The largest absolute Gasteiger partial charge is 0.343 e. The number of piperidine rings is 1. The molecule has 1 heterocycles. The van der Waals surface area contributed by atoms with Crippen LogP contribution in [-0.2, 0) is 21.2 Å². The molecule has 1 aromatic carbocycles.